The number of piperazine rings is 1. The fraction of sp³-hybridized carbons (Fsp3) is 0.611. The van der Waals surface area contributed by atoms with E-state index in [1.165, 1.54) is 0 Å². The number of hydrogen-bond acceptors (Lipinski definition) is 6. The van der Waals surface area contributed by atoms with Crippen molar-refractivity contribution in [3.63, 3.8) is 0 Å². The SMILES string of the molecule is CCNC(=NCCS(N)(=O)=O)N1CCN(Cc2cc(OC)ccc2OC)CC1.I. The number of nitrogens with two attached hydrogens (primary N) is 1. The van der Waals surface area contributed by atoms with Gasteiger partial charge < -0.3 is 19.7 Å². The Morgan fingerprint density at radius 3 is 2.45 bits per heavy atom. The Labute approximate surface area is 190 Å². The summed E-state index contributed by atoms with van der Waals surface area (Å²) in [7, 11) is -0.180. The van der Waals surface area contributed by atoms with Crippen molar-refractivity contribution in [3.05, 3.63) is 23.8 Å². The number of guanidine groups is 1. The first-order chi connectivity index (χ1) is 13.4. The first-order valence-corrected chi connectivity index (χ1v) is 11.0. The van der Waals surface area contributed by atoms with Crippen molar-refractivity contribution in [3.8, 4) is 11.5 Å². The topological polar surface area (TPSA) is 109 Å². The standard InChI is InChI=1S/C18H31N5O4S.HI/c1-4-20-18(21-7-12-28(19,24)25)23-10-8-22(9-11-23)14-15-13-16(26-2)5-6-17(15)27-3;/h5-6,13H,4,7-12,14H2,1-3H3,(H,20,21)(H2,19,24,25);1H. The summed E-state index contributed by atoms with van der Waals surface area (Å²) in [5.74, 6) is 2.23. The molecule has 0 aliphatic carbocycles. The van der Waals surface area contributed by atoms with Crippen LogP contribution >= 0.6 is 24.0 Å². The molecule has 1 saturated heterocycles. The zero-order chi connectivity index (χ0) is 20.6. The average Bonchev–Trinajstić information content (AvgIpc) is 2.67. The molecule has 9 nitrogen and oxygen atoms in total. The number of methoxy groups -OCH3 is 2. The van der Waals surface area contributed by atoms with Gasteiger partial charge in [-0.15, -0.1) is 24.0 Å². The van der Waals surface area contributed by atoms with Gasteiger partial charge in [0, 0.05) is 44.8 Å². The second-order valence-corrected chi connectivity index (χ2v) is 8.28. The molecule has 1 aromatic rings. The highest BCUT2D eigenvalue weighted by Crippen LogP contribution is 2.25. The maximum atomic E-state index is 11.1. The number of aliphatic imine (C=N–C) groups is 1. The van der Waals surface area contributed by atoms with Crippen molar-refractivity contribution in [1.82, 2.24) is 15.1 Å². The Kier molecular flexibility index (Phi) is 11.0. The molecule has 0 bridgehead atoms. The number of sulfonamides is 1. The Morgan fingerprint density at radius 2 is 1.90 bits per heavy atom. The van der Waals surface area contributed by atoms with Gasteiger partial charge in [-0.25, -0.2) is 13.6 Å². The number of hydrogen-bond donors (Lipinski definition) is 2. The van der Waals surface area contributed by atoms with Crippen LogP contribution in [-0.4, -0.2) is 83.4 Å². The maximum absolute atomic E-state index is 11.1. The van der Waals surface area contributed by atoms with Crippen molar-refractivity contribution in [1.29, 1.82) is 0 Å². The van der Waals surface area contributed by atoms with E-state index in [4.69, 9.17) is 14.6 Å². The molecule has 166 valence electrons. The van der Waals surface area contributed by atoms with Crippen molar-refractivity contribution in [2.45, 2.75) is 13.5 Å². The van der Waals surface area contributed by atoms with Gasteiger partial charge in [0.05, 0.1) is 26.5 Å². The highest BCUT2D eigenvalue weighted by Gasteiger charge is 2.21. The van der Waals surface area contributed by atoms with Crippen LogP contribution in [-0.2, 0) is 16.6 Å². The lowest BCUT2D eigenvalue weighted by Crippen LogP contribution is -2.52. The normalized spacial score (nSPS) is 15.6. The molecule has 1 heterocycles. The largest absolute Gasteiger partial charge is 0.497 e. The van der Waals surface area contributed by atoms with Gasteiger partial charge in [0.25, 0.3) is 0 Å². The van der Waals surface area contributed by atoms with Crippen LogP contribution < -0.4 is 19.9 Å². The zero-order valence-corrected chi connectivity index (χ0v) is 20.4. The lowest BCUT2D eigenvalue weighted by molar-refractivity contribution is 0.171. The zero-order valence-electron chi connectivity index (χ0n) is 17.3. The molecular weight excluding hydrogens is 509 g/mol. The molecule has 1 aliphatic heterocycles. The molecule has 29 heavy (non-hydrogen) atoms. The lowest BCUT2D eigenvalue weighted by Gasteiger charge is -2.36. The molecule has 3 N–H and O–H groups in total. The molecule has 0 atom stereocenters. The number of nitrogens with zero attached hydrogens (tertiary/aromatic N) is 3. The van der Waals surface area contributed by atoms with Gasteiger partial charge in [0.1, 0.15) is 11.5 Å². The number of benzene rings is 1. The molecule has 2 rings (SSSR count). The van der Waals surface area contributed by atoms with Gasteiger partial charge in [-0.2, -0.15) is 0 Å². The van der Waals surface area contributed by atoms with E-state index in [1.807, 2.05) is 25.1 Å². The van der Waals surface area contributed by atoms with Crippen LogP contribution in [0.25, 0.3) is 0 Å². The van der Waals surface area contributed by atoms with Crippen LogP contribution in [0.15, 0.2) is 23.2 Å². The van der Waals surface area contributed by atoms with E-state index in [2.05, 4.69) is 20.1 Å². The molecule has 0 spiro atoms. The van der Waals surface area contributed by atoms with Gasteiger partial charge in [0.15, 0.2) is 5.96 Å². The average molecular weight is 541 g/mol. The molecule has 0 aromatic heterocycles. The van der Waals surface area contributed by atoms with Gasteiger partial charge in [-0.05, 0) is 25.1 Å². The highest BCUT2D eigenvalue weighted by atomic mass is 127. The summed E-state index contributed by atoms with van der Waals surface area (Å²) in [6.07, 6.45) is 0. The van der Waals surface area contributed by atoms with E-state index in [9.17, 15) is 8.42 Å². The molecule has 11 heteroatoms. The second kappa shape index (κ2) is 12.4. The Bertz CT molecular complexity index is 768. The predicted octanol–water partition coefficient (Wildman–Crippen LogP) is 0.693. The number of rotatable bonds is 8. The molecule has 1 aliphatic rings. The summed E-state index contributed by atoms with van der Waals surface area (Å²) < 4.78 is 33.0. The van der Waals surface area contributed by atoms with E-state index >= 15 is 0 Å². The predicted molar refractivity (Wildman–Crippen MR) is 126 cm³/mol. The summed E-state index contributed by atoms with van der Waals surface area (Å²) in [5, 5.41) is 8.27. The highest BCUT2D eigenvalue weighted by molar-refractivity contribution is 14.0. The number of halogens is 1. The van der Waals surface area contributed by atoms with Crippen LogP contribution in [0.2, 0.25) is 0 Å². The summed E-state index contributed by atoms with van der Waals surface area (Å²) in [6.45, 7) is 6.95. The molecule has 0 saturated carbocycles. The second-order valence-electron chi connectivity index (χ2n) is 6.54. The van der Waals surface area contributed by atoms with E-state index in [1.54, 1.807) is 14.2 Å². The third-order valence-corrected chi connectivity index (χ3v) is 5.28. The summed E-state index contributed by atoms with van der Waals surface area (Å²) in [5.41, 5.74) is 1.09. The van der Waals surface area contributed by atoms with Crippen LogP contribution in [0.5, 0.6) is 11.5 Å². The fourth-order valence-electron chi connectivity index (χ4n) is 3.07. The van der Waals surface area contributed by atoms with Crippen molar-refractivity contribution in [2.75, 3.05) is 59.2 Å². The van der Waals surface area contributed by atoms with E-state index in [0.29, 0.717) is 0 Å². The third kappa shape index (κ3) is 8.52. The molecule has 0 amide bonds. The van der Waals surface area contributed by atoms with Crippen LogP contribution in [0.4, 0.5) is 0 Å². The van der Waals surface area contributed by atoms with Gasteiger partial charge in [-0.3, -0.25) is 9.89 Å². The number of primary sulfonamides is 1. The Morgan fingerprint density at radius 1 is 1.21 bits per heavy atom. The number of nitrogens with one attached hydrogen (secondary N) is 1. The molecule has 1 aromatic carbocycles. The lowest BCUT2D eigenvalue weighted by atomic mass is 10.1. The maximum Gasteiger partial charge on any atom is 0.210 e. The first kappa shape index (κ1) is 25.7. The Hall–Kier alpha value is -1.31. The third-order valence-electron chi connectivity index (χ3n) is 4.53. The van der Waals surface area contributed by atoms with E-state index in [0.717, 1.165) is 62.3 Å². The summed E-state index contributed by atoms with van der Waals surface area (Å²) >= 11 is 0. The Balaban J connectivity index is 0.00000420. The van der Waals surface area contributed by atoms with E-state index < -0.39 is 10.0 Å². The molecule has 1 fully saturated rings. The quantitative estimate of drug-likeness (QED) is 0.283. The first-order valence-electron chi connectivity index (χ1n) is 9.33. The minimum atomic E-state index is -3.50. The minimum Gasteiger partial charge on any atom is -0.497 e. The fourth-order valence-corrected chi connectivity index (χ4v) is 3.41. The smallest absolute Gasteiger partial charge is 0.210 e. The minimum absolute atomic E-state index is 0. The van der Waals surface area contributed by atoms with Crippen molar-refractivity contribution < 1.29 is 17.9 Å². The monoisotopic (exact) mass is 541 g/mol. The van der Waals surface area contributed by atoms with Crippen LogP contribution in [0.1, 0.15) is 12.5 Å². The van der Waals surface area contributed by atoms with Crippen molar-refractivity contribution >= 4 is 40.0 Å². The summed E-state index contributed by atoms with van der Waals surface area (Å²) in [6, 6.07) is 5.82. The van der Waals surface area contributed by atoms with Gasteiger partial charge in [0.2, 0.25) is 10.0 Å². The number of ether oxygens (including phenoxy) is 2. The van der Waals surface area contributed by atoms with Gasteiger partial charge in [-0.1, -0.05) is 0 Å². The molecule has 0 unspecified atom stereocenters. The van der Waals surface area contributed by atoms with Gasteiger partial charge >= 0.3 is 0 Å². The molecule has 0 radical (unpaired) electrons. The van der Waals surface area contributed by atoms with Crippen LogP contribution in [0, 0.1) is 0 Å². The van der Waals surface area contributed by atoms with Crippen molar-refractivity contribution in [2.24, 2.45) is 10.1 Å². The van der Waals surface area contributed by atoms with Crippen LogP contribution in [0.3, 0.4) is 0 Å². The molecular formula is C18H32IN5O4S. The van der Waals surface area contributed by atoms with E-state index in [-0.39, 0.29) is 36.3 Å². The summed E-state index contributed by atoms with van der Waals surface area (Å²) in [4.78, 5) is 8.89.